The third-order valence-electron chi connectivity index (χ3n) is 3.35. The van der Waals surface area contributed by atoms with E-state index in [1.165, 1.54) is 22.6 Å². The van der Waals surface area contributed by atoms with Gasteiger partial charge in [-0.25, -0.2) is 4.39 Å². The summed E-state index contributed by atoms with van der Waals surface area (Å²) in [5.74, 6) is 0.758. The second-order valence-corrected chi connectivity index (χ2v) is 6.28. The number of hydrogen-bond acceptors (Lipinski definition) is 2. The third kappa shape index (κ3) is 5.18. The highest BCUT2D eigenvalue weighted by atomic mass is 32.2. The van der Waals surface area contributed by atoms with E-state index in [4.69, 9.17) is 0 Å². The lowest BCUT2D eigenvalue weighted by Gasteiger charge is -2.19. The molecule has 0 aliphatic rings. The van der Waals surface area contributed by atoms with Gasteiger partial charge in [-0.15, -0.1) is 11.8 Å². The normalized spacial score (nSPS) is 12.3. The minimum absolute atomic E-state index is 0.181. The molecule has 2 aromatic rings. The van der Waals surface area contributed by atoms with Crippen molar-refractivity contribution in [2.75, 3.05) is 12.3 Å². The number of thioether (sulfide) groups is 1. The Kier molecular flexibility index (Phi) is 6.27. The molecule has 0 amide bonds. The summed E-state index contributed by atoms with van der Waals surface area (Å²) in [5, 5.41) is 3.54. The molecule has 1 unspecified atom stereocenters. The Morgan fingerprint density at radius 3 is 2.33 bits per heavy atom. The molecule has 1 nitrogen and oxygen atoms in total. The van der Waals surface area contributed by atoms with Gasteiger partial charge in [0.25, 0.3) is 0 Å². The summed E-state index contributed by atoms with van der Waals surface area (Å²) in [6.07, 6.45) is 1.09. The van der Waals surface area contributed by atoms with Crippen LogP contribution in [0.4, 0.5) is 4.39 Å². The Bertz CT molecular complexity index is 536. The zero-order valence-corrected chi connectivity index (χ0v) is 13.4. The lowest BCUT2D eigenvalue weighted by molar-refractivity contribution is 0.574. The second-order valence-electron chi connectivity index (χ2n) is 5.18. The van der Waals surface area contributed by atoms with Crippen LogP contribution in [0, 0.1) is 12.7 Å². The van der Waals surface area contributed by atoms with E-state index in [1.54, 1.807) is 0 Å². The highest BCUT2D eigenvalue weighted by Gasteiger charge is 2.11. The monoisotopic (exact) mass is 303 g/mol. The first-order chi connectivity index (χ1) is 10.2. The molecule has 0 fully saturated rings. The fourth-order valence-electron chi connectivity index (χ4n) is 2.10. The fraction of sp³-hybridized carbons (Fsp3) is 0.333. The van der Waals surface area contributed by atoms with Crippen LogP contribution < -0.4 is 5.32 Å². The molecule has 0 aliphatic heterocycles. The first-order valence-corrected chi connectivity index (χ1v) is 8.36. The van der Waals surface area contributed by atoms with E-state index in [2.05, 4.69) is 43.4 Å². The van der Waals surface area contributed by atoms with Crippen LogP contribution in [0.3, 0.4) is 0 Å². The Morgan fingerprint density at radius 1 is 1.05 bits per heavy atom. The fourth-order valence-corrected chi connectivity index (χ4v) is 3.10. The summed E-state index contributed by atoms with van der Waals surface area (Å²) < 4.78 is 13.1. The molecule has 0 bridgehead atoms. The molecule has 2 rings (SSSR count). The van der Waals surface area contributed by atoms with Gasteiger partial charge in [-0.2, -0.15) is 0 Å². The smallest absolute Gasteiger partial charge is 0.123 e. The summed E-state index contributed by atoms with van der Waals surface area (Å²) in [7, 11) is 0. The van der Waals surface area contributed by atoms with Crippen molar-refractivity contribution in [3.05, 3.63) is 65.5 Å². The molecule has 0 saturated carbocycles. The van der Waals surface area contributed by atoms with E-state index in [0.717, 1.165) is 24.3 Å². The van der Waals surface area contributed by atoms with Gasteiger partial charge < -0.3 is 5.32 Å². The highest BCUT2D eigenvalue weighted by molar-refractivity contribution is 7.99. The van der Waals surface area contributed by atoms with Crippen LogP contribution in [0.1, 0.15) is 30.5 Å². The lowest BCUT2D eigenvalue weighted by atomic mass is 10.1. The van der Waals surface area contributed by atoms with Gasteiger partial charge >= 0.3 is 0 Å². The van der Waals surface area contributed by atoms with Crippen molar-refractivity contribution in [2.45, 2.75) is 31.2 Å². The number of rotatable bonds is 7. The average Bonchev–Trinajstić information content (AvgIpc) is 2.50. The van der Waals surface area contributed by atoms with Crippen LogP contribution >= 0.6 is 11.8 Å². The summed E-state index contributed by atoms with van der Waals surface area (Å²) in [5.41, 5.74) is 2.42. The summed E-state index contributed by atoms with van der Waals surface area (Å²) in [6, 6.07) is 15.6. The van der Waals surface area contributed by atoms with Gasteiger partial charge in [-0.05, 0) is 49.7 Å². The molecule has 2 aromatic carbocycles. The van der Waals surface area contributed by atoms with Gasteiger partial charge in [0, 0.05) is 16.7 Å². The van der Waals surface area contributed by atoms with E-state index in [0.29, 0.717) is 0 Å². The van der Waals surface area contributed by atoms with Crippen LogP contribution in [0.15, 0.2) is 53.4 Å². The van der Waals surface area contributed by atoms with Crippen molar-refractivity contribution in [1.29, 1.82) is 0 Å². The number of nitrogens with one attached hydrogen (secondary N) is 1. The number of benzene rings is 2. The molecule has 0 spiro atoms. The largest absolute Gasteiger partial charge is 0.309 e. The highest BCUT2D eigenvalue weighted by Crippen LogP contribution is 2.25. The Morgan fingerprint density at radius 2 is 1.71 bits per heavy atom. The van der Waals surface area contributed by atoms with Gasteiger partial charge in [-0.1, -0.05) is 36.8 Å². The van der Waals surface area contributed by atoms with Crippen LogP contribution in [0.2, 0.25) is 0 Å². The van der Waals surface area contributed by atoms with Crippen molar-refractivity contribution in [2.24, 2.45) is 0 Å². The molecule has 21 heavy (non-hydrogen) atoms. The first-order valence-electron chi connectivity index (χ1n) is 7.37. The van der Waals surface area contributed by atoms with E-state index in [9.17, 15) is 4.39 Å². The van der Waals surface area contributed by atoms with E-state index in [1.807, 2.05) is 23.9 Å². The third-order valence-corrected chi connectivity index (χ3v) is 4.46. The molecule has 0 aliphatic carbocycles. The molecule has 0 heterocycles. The van der Waals surface area contributed by atoms with E-state index < -0.39 is 0 Å². The predicted octanol–water partition coefficient (Wildman–Crippen LogP) is 4.97. The molecular formula is C18H22FNS. The van der Waals surface area contributed by atoms with Gasteiger partial charge in [0.15, 0.2) is 0 Å². The second kappa shape index (κ2) is 8.20. The number of hydrogen-bond donors (Lipinski definition) is 1. The van der Waals surface area contributed by atoms with Gasteiger partial charge in [-0.3, -0.25) is 0 Å². The molecule has 112 valence electrons. The zero-order valence-electron chi connectivity index (χ0n) is 12.6. The van der Waals surface area contributed by atoms with Gasteiger partial charge in [0.1, 0.15) is 5.82 Å². The molecule has 0 aromatic heterocycles. The molecule has 1 N–H and O–H groups in total. The molecular weight excluding hydrogens is 281 g/mol. The Balaban J connectivity index is 2.02. The molecule has 1 atom stereocenters. The Hall–Kier alpha value is -1.32. The van der Waals surface area contributed by atoms with Crippen molar-refractivity contribution >= 4 is 11.8 Å². The maximum absolute atomic E-state index is 13.1. The molecule has 0 saturated heterocycles. The average molecular weight is 303 g/mol. The van der Waals surface area contributed by atoms with E-state index >= 15 is 0 Å². The maximum Gasteiger partial charge on any atom is 0.123 e. The minimum Gasteiger partial charge on any atom is -0.309 e. The summed E-state index contributed by atoms with van der Waals surface area (Å²) >= 11 is 1.83. The number of halogens is 1. The zero-order chi connectivity index (χ0) is 15.1. The van der Waals surface area contributed by atoms with Crippen LogP contribution in [0.25, 0.3) is 0 Å². The quantitative estimate of drug-likeness (QED) is 0.725. The molecule has 3 heteroatoms. The minimum atomic E-state index is -0.181. The predicted molar refractivity (Wildman–Crippen MR) is 89.3 cm³/mol. The van der Waals surface area contributed by atoms with Crippen molar-refractivity contribution < 1.29 is 4.39 Å². The van der Waals surface area contributed by atoms with Gasteiger partial charge in [0.2, 0.25) is 0 Å². The van der Waals surface area contributed by atoms with Crippen LogP contribution in [-0.2, 0) is 0 Å². The topological polar surface area (TPSA) is 12.0 Å². The summed E-state index contributed by atoms with van der Waals surface area (Å²) in [4.78, 5) is 1.27. The lowest BCUT2D eigenvalue weighted by Crippen LogP contribution is -2.24. The van der Waals surface area contributed by atoms with Gasteiger partial charge in [0.05, 0.1) is 0 Å². The Labute approximate surface area is 131 Å². The number of aryl methyl sites for hydroxylation is 1. The standard InChI is InChI=1S/C18H22FNS/c1-3-12-20-18(15-6-8-16(19)9-7-15)13-21-17-10-4-14(2)5-11-17/h4-11,18,20H,3,12-13H2,1-2H3. The van der Waals surface area contributed by atoms with Crippen LogP contribution in [0.5, 0.6) is 0 Å². The first kappa shape index (κ1) is 16.1. The van der Waals surface area contributed by atoms with Crippen molar-refractivity contribution in [1.82, 2.24) is 5.32 Å². The van der Waals surface area contributed by atoms with Crippen molar-refractivity contribution in [3.63, 3.8) is 0 Å². The van der Waals surface area contributed by atoms with Crippen molar-refractivity contribution in [3.8, 4) is 0 Å². The summed E-state index contributed by atoms with van der Waals surface area (Å²) in [6.45, 7) is 5.22. The molecule has 0 radical (unpaired) electrons. The maximum atomic E-state index is 13.1. The van der Waals surface area contributed by atoms with E-state index in [-0.39, 0.29) is 11.9 Å². The SMILES string of the molecule is CCCNC(CSc1ccc(C)cc1)c1ccc(F)cc1. The van der Waals surface area contributed by atoms with Crippen LogP contribution in [-0.4, -0.2) is 12.3 Å².